The first kappa shape index (κ1) is 28.0. The van der Waals surface area contributed by atoms with E-state index in [1.165, 1.54) is 5.56 Å². The van der Waals surface area contributed by atoms with Crippen molar-refractivity contribution in [1.29, 1.82) is 0 Å². The van der Waals surface area contributed by atoms with Gasteiger partial charge in [0.2, 0.25) is 0 Å². The van der Waals surface area contributed by atoms with E-state index in [-0.39, 0.29) is 13.0 Å². The Kier molecular flexibility index (Phi) is 11.3. The van der Waals surface area contributed by atoms with Gasteiger partial charge in [0.15, 0.2) is 6.10 Å². The van der Waals surface area contributed by atoms with Gasteiger partial charge in [-0.15, -0.1) is 0 Å². The number of nitrogens with zero attached hydrogens (tertiary/aromatic N) is 1. The van der Waals surface area contributed by atoms with E-state index < -0.39 is 18.2 Å². The highest BCUT2D eigenvalue weighted by molar-refractivity contribution is 6.30. The second-order valence-corrected chi connectivity index (χ2v) is 8.81. The van der Waals surface area contributed by atoms with Gasteiger partial charge in [-0.25, -0.2) is 9.59 Å². The third kappa shape index (κ3) is 9.79. The summed E-state index contributed by atoms with van der Waals surface area (Å²) in [5.74, 6) is 0.0630. The molecule has 1 N–H and O–H groups in total. The molecule has 7 nitrogen and oxygen atoms in total. The van der Waals surface area contributed by atoms with Gasteiger partial charge >= 0.3 is 12.1 Å². The number of carboxylic acids is 1. The van der Waals surface area contributed by atoms with Gasteiger partial charge in [0.1, 0.15) is 18.1 Å². The summed E-state index contributed by atoms with van der Waals surface area (Å²) in [6.45, 7) is 3.23. The summed E-state index contributed by atoms with van der Waals surface area (Å²) in [7, 11) is 0. The number of carbonyl (C=O) groups excluding carboxylic acids is 1. The van der Waals surface area contributed by atoms with E-state index in [9.17, 15) is 14.7 Å². The maximum absolute atomic E-state index is 12.9. The number of halogens is 1. The normalized spacial score (nSPS) is 11.5. The van der Waals surface area contributed by atoms with Gasteiger partial charge in [-0.1, -0.05) is 54.1 Å². The van der Waals surface area contributed by atoms with Crippen LogP contribution in [0.5, 0.6) is 11.5 Å². The molecule has 37 heavy (non-hydrogen) atoms. The number of aliphatic carboxylic acids is 1. The second kappa shape index (κ2) is 14.9. The van der Waals surface area contributed by atoms with E-state index in [0.717, 1.165) is 18.4 Å². The molecule has 3 aromatic carbocycles. The highest BCUT2D eigenvalue weighted by Crippen LogP contribution is 2.18. The first-order valence-corrected chi connectivity index (χ1v) is 12.6. The number of hydrogen-bond donors (Lipinski definition) is 1. The fourth-order valence-electron chi connectivity index (χ4n) is 3.71. The van der Waals surface area contributed by atoms with Crippen LogP contribution in [-0.4, -0.2) is 54.5 Å². The molecule has 3 aromatic rings. The lowest BCUT2D eigenvalue weighted by molar-refractivity contribution is -0.149. The molecule has 1 unspecified atom stereocenters. The molecule has 3 rings (SSSR count). The summed E-state index contributed by atoms with van der Waals surface area (Å²) in [6.07, 6.45) is 0.555. The zero-order valence-corrected chi connectivity index (χ0v) is 21.6. The molecule has 0 fully saturated rings. The SMILES string of the molecule is CCOC(Cc1ccc(OCCN(CCCc2ccccc2)C(=O)Oc2ccc(Cl)cc2)cc1)C(=O)O. The van der Waals surface area contributed by atoms with Crippen molar-refractivity contribution in [3.63, 3.8) is 0 Å². The highest BCUT2D eigenvalue weighted by Gasteiger charge is 2.18. The standard InChI is InChI=1S/C29H32ClNO6/c1-2-35-27(28(32)33)21-23-10-14-25(15-11-23)36-20-19-31(18-6-9-22-7-4-3-5-8-22)29(34)37-26-16-12-24(30)13-17-26/h3-5,7-8,10-17,27H,2,6,9,18-21H2,1H3,(H,32,33). The van der Waals surface area contributed by atoms with Crippen molar-refractivity contribution in [2.24, 2.45) is 0 Å². The Morgan fingerprint density at radius 3 is 2.22 bits per heavy atom. The number of aryl methyl sites for hydroxylation is 1. The van der Waals surface area contributed by atoms with Crippen LogP contribution in [0.4, 0.5) is 4.79 Å². The molecule has 0 aliphatic carbocycles. The average molecular weight is 526 g/mol. The summed E-state index contributed by atoms with van der Waals surface area (Å²) >= 11 is 5.93. The lowest BCUT2D eigenvalue weighted by atomic mass is 10.1. The largest absolute Gasteiger partial charge is 0.492 e. The molecule has 196 valence electrons. The molecule has 0 saturated heterocycles. The lowest BCUT2D eigenvalue weighted by Crippen LogP contribution is -2.37. The number of rotatable bonds is 14. The molecular formula is C29H32ClNO6. The Morgan fingerprint density at radius 1 is 0.892 bits per heavy atom. The molecule has 0 spiro atoms. The van der Waals surface area contributed by atoms with Gasteiger partial charge in [-0.2, -0.15) is 0 Å². The molecule has 1 amide bonds. The Balaban J connectivity index is 1.55. The predicted molar refractivity (Wildman–Crippen MR) is 143 cm³/mol. The van der Waals surface area contributed by atoms with Crippen LogP contribution in [0.1, 0.15) is 24.5 Å². The van der Waals surface area contributed by atoms with Crippen molar-refractivity contribution in [2.45, 2.75) is 32.3 Å². The van der Waals surface area contributed by atoms with Crippen LogP contribution in [0.2, 0.25) is 5.02 Å². The van der Waals surface area contributed by atoms with E-state index in [0.29, 0.717) is 36.2 Å². The number of carbonyl (C=O) groups is 2. The fraction of sp³-hybridized carbons (Fsp3) is 0.310. The first-order chi connectivity index (χ1) is 17.9. The van der Waals surface area contributed by atoms with Gasteiger partial charge in [-0.05, 0) is 67.3 Å². The van der Waals surface area contributed by atoms with Crippen molar-refractivity contribution in [1.82, 2.24) is 4.90 Å². The van der Waals surface area contributed by atoms with Crippen LogP contribution in [0, 0.1) is 0 Å². The highest BCUT2D eigenvalue weighted by atomic mass is 35.5. The van der Waals surface area contributed by atoms with E-state index in [4.69, 9.17) is 25.8 Å². The molecule has 1 atom stereocenters. The molecule has 0 aliphatic rings. The number of ether oxygens (including phenoxy) is 3. The lowest BCUT2D eigenvalue weighted by Gasteiger charge is -2.22. The summed E-state index contributed by atoms with van der Waals surface area (Å²) in [4.78, 5) is 25.8. The Hall–Kier alpha value is -3.55. The topological polar surface area (TPSA) is 85.3 Å². The van der Waals surface area contributed by atoms with E-state index in [1.807, 2.05) is 30.3 Å². The van der Waals surface area contributed by atoms with Crippen LogP contribution >= 0.6 is 11.6 Å². The Morgan fingerprint density at radius 2 is 1.57 bits per heavy atom. The van der Waals surface area contributed by atoms with Crippen LogP contribution < -0.4 is 9.47 Å². The Labute approximate surface area is 222 Å². The summed E-state index contributed by atoms with van der Waals surface area (Å²) < 4.78 is 16.7. The molecule has 0 saturated carbocycles. The molecule has 0 aliphatic heterocycles. The predicted octanol–water partition coefficient (Wildman–Crippen LogP) is 5.88. The van der Waals surface area contributed by atoms with Crippen molar-refractivity contribution in [3.8, 4) is 11.5 Å². The third-order valence-corrected chi connectivity index (χ3v) is 5.88. The van der Waals surface area contributed by atoms with Gasteiger partial charge in [0.05, 0.1) is 6.54 Å². The number of carboxylic acid groups (broad SMARTS) is 1. The average Bonchev–Trinajstić information content (AvgIpc) is 2.90. The maximum atomic E-state index is 12.9. The van der Waals surface area contributed by atoms with Crippen molar-refractivity contribution in [3.05, 3.63) is 95.0 Å². The summed E-state index contributed by atoms with van der Waals surface area (Å²) in [6, 6.07) is 24.0. The quantitative estimate of drug-likeness (QED) is 0.283. The monoisotopic (exact) mass is 525 g/mol. The Bertz CT molecular complexity index is 1110. The number of amides is 1. The van der Waals surface area contributed by atoms with Crippen molar-refractivity contribution < 1.29 is 28.9 Å². The van der Waals surface area contributed by atoms with Crippen LogP contribution in [0.25, 0.3) is 0 Å². The second-order valence-electron chi connectivity index (χ2n) is 8.38. The minimum atomic E-state index is -0.986. The molecule has 0 bridgehead atoms. The van der Waals surface area contributed by atoms with E-state index in [1.54, 1.807) is 48.2 Å². The number of benzene rings is 3. The van der Waals surface area contributed by atoms with Gasteiger partial charge in [0.25, 0.3) is 0 Å². The molecule has 0 heterocycles. The van der Waals surface area contributed by atoms with Crippen molar-refractivity contribution >= 4 is 23.7 Å². The third-order valence-electron chi connectivity index (χ3n) is 5.63. The molecule has 0 aromatic heterocycles. The zero-order chi connectivity index (χ0) is 26.5. The van der Waals surface area contributed by atoms with Gasteiger partial charge in [-0.3, -0.25) is 0 Å². The smallest absolute Gasteiger partial charge is 0.415 e. The van der Waals surface area contributed by atoms with Gasteiger partial charge in [0, 0.05) is 24.6 Å². The summed E-state index contributed by atoms with van der Waals surface area (Å²) in [5.41, 5.74) is 2.04. The molecule has 0 radical (unpaired) electrons. The van der Waals surface area contributed by atoms with Crippen LogP contribution in [0.15, 0.2) is 78.9 Å². The van der Waals surface area contributed by atoms with Crippen LogP contribution in [0.3, 0.4) is 0 Å². The molecular weight excluding hydrogens is 494 g/mol. The number of hydrogen-bond acceptors (Lipinski definition) is 5. The van der Waals surface area contributed by atoms with E-state index >= 15 is 0 Å². The summed E-state index contributed by atoms with van der Waals surface area (Å²) in [5, 5.41) is 9.83. The maximum Gasteiger partial charge on any atom is 0.415 e. The minimum Gasteiger partial charge on any atom is -0.492 e. The van der Waals surface area contributed by atoms with Crippen molar-refractivity contribution in [2.75, 3.05) is 26.3 Å². The first-order valence-electron chi connectivity index (χ1n) is 12.3. The van der Waals surface area contributed by atoms with Gasteiger partial charge < -0.3 is 24.2 Å². The molecule has 8 heteroatoms. The zero-order valence-electron chi connectivity index (χ0n) is 20.8. The van der Waals surface area contributed by atoms with E-state index in [2.05, 4.69) is 12.1 Å². The fourth-order valence-corrected chi connectivity index (χ4v) is 3.84. The minimum absolute atomic E-state index is 0.273. The van der Waals surface area contributed by atoms with Crippen LogP contribution in [-0.2, 0) is 22.4 Å².